The van der Waals surface area contributed by atoms with Crippen molar-refractivity contribution >= 4 is 0 Å². The highest BCUT2D eigenvalue weighted by atomic mass is 19.1. The summed E-state index contributed by atoms with van der Waals surface area (Å²) < 4.78 is 24.5. The van der Waals surface area contributed by atoms with Crippen molar-refractivity contribution in [2.45, 2.75) is 12.8 Å². The maximum Gasteiger partial charge on any atom is 0.192 e. The normalized spacial score (nSPS) is 20.2. The summed E-state index contributed by atoms with van der Waals surface area (Å²) in [4.78, 5) is 0. The highest BCUT2D eigenvalue weighted by molar-refractivity contribution is 5.27. The number of hydrogen-bond acceptors (Lipinski definition) is 2. The zero-order valence-corrected chi connectivity index (χ0v) is 5.06. The first kappa shape index (κ1) is 7.05. The van der Waals surface area contributed by atoms with E-state index in [1.54, 1.807) is 0 Å². The predicted octanol–water partition coefficient (Wildman–Crippen LogP) is 2.26. The molecule has 1 rings (SSSR count). The molecule has 0 aromatic rings. The van der Waals surface area contributed by atoms with Crippen molar-refractivity contribution in [3.8, 4) is 0 Å². The maximum absolute atomic E-state index is 12.3. The fourth-order valence-corrected chi connectivity index (χ4v) is 0.713. The summed E-state index contributed by atoms with van der Waals surface area (Å²) in [5.41, 5.74) is 0. The molecule has 0 spiro atoms. The van der Waals surface area contributed by atoms with E-state index in [9.17, 15) is 8.78 Å². The fourth-order valence-electron chi connectivity index (χ4n) is 0.713. The Morgan fingerprint density at radius 1 is 0.900 bits per heavy atom. The topological polar surface area (TPSA) is 40.5 Å². The zero-order chi connectivity index (χ0) is 7.72. The number of rotatable bonds is 0. The van der Waals surface area contributed by atoms with Crippen LogP contribution in [0.25, 0.3) is 0 Å². The van der Waals surface area contributed by atoms with E-state index < -0.39 is 23.2 Å². The summed E-state index contributed by atoms with van der Waals surface area (Å²) in [6.07, 6.45) is -0.358. The van der Waals surface area contributed by atoms with Gasteiger partial charge in [0.15, 0.2) is 11.5 Å². The van der Waals surface area contributed by atoms with Gasteiger partial charge >= 0.3 is 0 Å². The van der Waals surface area contributed by atoms with Gasteiger partial charge < -0.3 is 10.2 Å². The van der Waals surface area contributed by atoms with E-state index in [-0.39, 0.29) is 12.8 Å². The van der Waals surface area contributed by atoms with E-state index in [4.69, 9.17) is 10.2 Å². The molecule has 56 valence electrons. The standard InChI is InChI=1S/C6H6F2O2/c7-3-1-2-4(8)6(10)5(3)9/h9-10H,1-2H2. The third kappa shape index (κ3) is 0.964. The molecular formula is C6H6F2O2. The van der Waals surface area contributed by atoms with Crippen molar-refractivity contribution in [3.63, 3.8) is 0 Å². The summed E-state index contributed by atoms with van der Waals surface area (Å²) in [5.74, 6) is -3.66. The second-order valence-corrected chi connectivity index (χ2v) is 2.01. The summed E-state index contributed by atoms with van der Waals surface area (Å²) in [6, 6.07) is 0. The molecular weight excluding hydrogens is 142 g/mol. The number of halogens is 2. The Labute approximate surface area is 56.1 Å². The van der Waals surface area contributed by atoms with Gasteiger partial charge in [-0.1, -0.05) is 0 Å². The van der Waals surface area contributed by atoms with Crippen LogP contribution in [-0.4, -0.2) is 10.2 Å². The van der Waals surface area contributed by atoms with Crippen LogP contribution in [0.1, 0.15) is 12.8 Å². The molecule has 0 amide bonds. The predicted molar refractivity (Wildman–Crippen MR) is 30.8 cm³/mol. The minimum Gasteiger partial charge on any atom is -0.502 e. The number of aliphatic hydroxyl groups is 2. The summed E-state index contributed by atoms with van der Waals surface area (Å²) in [6.45, 7) is 0. The first-order valence-electron chi connectivity index (χ1n) is 2.78. The van der Waals surface area contributed by atoms with Crippen LogP contribution in [0.15, 0.2) is 23.2 Å². The third-order valence-corrected chi connectivity index (χ3v) is 1.30. The molecule has 0 heterocycles. The molecule has 0 saturated heterocycles. The third-order valence-electron chi connectivity index (χ3n) is 1.30. The second kappa shape index (κ2) is 2.28. The summed E-state index contributed by atoms with van der Waals surface area (Å²) in [7, 11) is 0. The quantitative estimate of drug-likeness (QED) is 0.553. The largest absolute Gasteiger partial charge is 0.502 e. The minimum atomic E-state index is -0.969. The van der Waals surface area contributed by atoms with Crippen molar-refractivity contribution in [1.29, 1.82) is 0 Å². The molecule has 1 aliphatic rings. The van der Waals surface area contributed by atoms with Gasteiger partial charge in [0.2, 0.25) is 0 Å². The van der Waals surface area contributed by atoms with Crippen LogP contribution in [0.3, 0.4) is 0 Å². The SMILES string of the molecule is OC1=C(F)CCC(F)=C1O. The summed E-state index contributed by atoms with van der Waals surface area (Å²) >= 11 is 0. The van der Waals surface area contributed by atoms with Gasteiger partial charge in [-0.25, -0.2) is 8.78 Å². The molecule has 0 bridgehead atoms. The Bertz CT molecular complexity index is 194. The first-order chi connectivity index (χ1) is 4.63. The van der Waals surface area contributed by atoms with Gasteiger partial charge in [-0.05, 0) is 0 Å². The lowest BCUT2D eigenvalue weighted by atomic mass is 10.1. The molecule has 0 fully saturated rings. The Morgan fingerprint density at radius 3 is 1.50 bits per heavy atom. The molecule has 2 N–H and O–H groups in total. The smallest absolute Gasteiger partial charge is 0.192 e. The van der Waals surface area contributed by atoms with Crippen LogP contribution >= 0.6 is 0 Å². The lowest BCUT2D eigenvalue weighted by Gasteiger charge is -2.08. The van der Waals surface area contributed by atoms with Crippen molar-refractivity contribution < 1.29 is 19.0 Å². The van der Waals surface area contributed by atoms with Crippen molar-refractivity contribution in [2.24, 2.45) is 0 Å². The van der Waals surface area contributed by atoms with Crippen molar-refractivity contribution in [2.75, 3.05) is 0 Å². The average Bonchev–Trinajstić information content (AvgIpc) is 1.93. The molecule has 0 saturated carbocycles. The van der Waals surface area contributed by atoms with E-state index >= 15 is 0 Å². The Hall–Kier alpha value is -1.06. The molecule has 0 radical (unpaired) electrons. The van der Waals surface area contributed by atoms with Gasteiger partial charge in [0, 0.05) is 12.8 Å². The molecule has 4 heteroatoms. The molecule has 0 unspecified atom stereocenters. The van der Waals surface area contributed by atoms with Crippen LogP contribution < -0.4 is 0 Å². The van der Waals surface area contributed by atoms with E-state index in [2.05, 4.69) is 0 Å². The fraction of sp³-hybridized carbons (Fsp3) is 0.333. The minimum absolute atomic E-state index is 0.179. The van der Waals surface area contributed by atoms with Crippen LogP contribution in [0.5, 0.6) is 0 Å². The van der Waals surface area contributed by atoms with Crippen molar-refractivity contribution in [1.82, 2.24) is 0 Å². The highest BCUT2D eigenvalue weighted by Gasteiger charge is 2.20. The molecule has 10 heavy (non-hydrogen) atoms. The van der Waals surface area contributed by atoms with Crippen LogP contribution in [0.2, 0.25) is 0 Å². The highest BCUT2D eigenvalue weighted by Crippen LogP contribution is 2.28. The van der Waals surface area contributed by atoms with Crippen LogP contribution in [0, 0.1) is 0 Å². The number of hydrogen-bond donors (Lipinski definition) is 2. The van der Waals surface area contributed by atoms with Gasteiger partial charge in [0.1, 0.15) is 11.7 Å². The Balaban J connectivity index is 3.01. The lowest BCUT2D eigenvalue weighted by Crippen LogP contribution is -2.00. The van der Waals surface area contributed by atoms with Crippen LogP contribution in [0.4, 0.5) is 8.78 Å². The molecule has 0 atom stereocenters. The monoisotopic (exact) mass is 148 g/mol. The Kier molecular flexibility index (Phi) is 1.61. The molecule has 2 nitrogen and oxygen atoms in total. The first-order valence-corrected chi connectivity index (χ1v) is 2.78. The number of allylic oxidation sites excluding steroid dienone is 2. The second-order valence-electron chi connectivity index (χ2n) is 2.01. The van der Waals surface area contributed by atoms with E-state index in [1.807, 2.05) is 0 Å². The molecule has 0 aromatic carbocycles. The molecule has 0 aliphatic heterocycles. The average molecular weight is 148 g/mol. The lowest BCUT2D eigenvalue weighted by molar-refractivity contribution is 0.277. The maximum atomic E-state index is 12.3. The van der Waals surface area contributed by atoms with Gasteiger partial charge in [-0.2, -0.15) is 0 Å². The van der Waals surface area contributed by atoms with E-state index in [0.29, 0.717) is 0 Å². The number of aliphatic hydroxyl groups excluding tert-OH is 2. The zero-order valence-electron chi connectivity index (χ0n) is 5.06. The van der Waals surface area contributed by atoms with Gasteiger partial charge in [0.25, 0.3) is 0 Å². The van der Waals surface area contributed by atoms with E-state index in [0.717, 1.165) is 0 Å². The summed E-state index contributed by atoms with van der Waals surface area (Å²) in [5, 5.41) is 17.1. The van der Waals surface area contributed by atoms with E-state index in [1.165, 1.54) is 0 Å². The van der Waals surface area contributed by atoms with Crippen molar-refractivity contribution in [3.05, 3.63) is 23.2 Å². The molecule has 1 aliphatic carbocycles. The van der Waals surface area contributed by atoms with Gasteiger partial charge in [0.05, 0.1) is 0 Å². The Morgan fingerprint density at radius 2 is 1.20 bits per heavy atom. The van der Waals surface area contributed by atoms with Gasteiger partial charge in [-0.15, -0.1) is 0 Å². The molecule has 0 aromatic heterocycles. The van der Waals surface area contributed by atoms with Crippen LogP contribution in [-0.2, 0) is 0 Å². The van der Waals surface area contributed by atoms with Gasteiger partial charge in [-0.3, -0.25) is 0 Å².